The average molecular weight is 504 g/mol. The fourth-order valence-electron chi connectivity index (χ4n) is 4.18. The minimum absolute atomic E-state index is 0.219. The number of benzene rings is 2. The van der Waals surface area contributed by atoms with Crippen molar-refractivity contribution in [3.8, 4) is 17.0 Å². The lowest BCUT2D eigenvalue weighted by atomic mass is 10.0. The fraction of sp³-hybridized carbons (Fsp3) is 0.357. The van der Waals surface area contributed by atoms with E-state index in [-0.39, 0.29) is 5.91 Å². The normalized spacial score (nSPS) is 15.6. The van der Waals surface area contributed by atoms with Crippen LogP contribution in [0.4, 0.5) is 22.0 Å². The molecule has 0 aliphatic carbocycles. The molecule has 1 unspecified atom stereocenters. The molecule has 0 saturated carbocycles. The number of amides is 2. The van der Waals surface area contributed by atoms with Crippen LogP contribution in [0.5, 0.6) is 5.75 Å². The van der Waals surface area contributed by atoms with Gasteiger partial charge in [0.1, 0.15) is 29.5 Å². The summed E-state index contributed by atoms with van der Waals surface area (Å²) in [7, 11) is 1.63. The van der Waals surface area contributed by atoms with Gasteiger partial charge in [0.2, 0.25) is 5.91 Å². The van der Waals surface area contributed by atoms with Gasteiger partial charge in [0, 0.05) is 29.5 Å². The molecule has 194 valence electrons. The minimum Gasteiger partial charge on any atom is -0.496 e. The molecular weight excluding hydrogens is 470 g/mol. The zero-order valence-electron chi connectivity index (χ0n) is 21.7. The first-order chi connectivity index (χ1) is 17.7. The maximum Gasteiger partial charge on any atom is 0.410 e. The molecule has 9 nitrogen and oxygen atoms in total. The van der Waals surface area contributed by atoms with Crippen molar-refractivity contribution in [3.63, 3.8) is 0 Å². The number of carbonyl (C=O) groups excluding carboxylic acids is 2. The van der Waals surface area contributed by atoms with Crippen LogP contribution in [0, 0.1) is 0 Å². The number of anilines is 3. The lowest BCUT2D eigenvalue weighted by Crippen LogP contribution is -2.51. The highest BCUT2D eigenvalue weighted by molar-refractivity contribution is 5.96. The summed E-state index contributed by atoms with van der Waals surface area (Å²) in [5.74, 6) is 1.14. The highest BCUT2D eigenvalue weighted by Crippen LogP contribution is 2.29. The molecule has 9 heteroatoms. The van der Waals surface area contributed by atoms with Crippen LogP contribution in [0.25, 0.3) is 11.3 Å². The van der Waals surface area contributed by atoms with Gasteiger partial charge < -0.3 is 20.1 Å². The SMILES string of the molecule is COc1ccccc1-c1cc(Nc2ccc(NC(=O)C3CCCCN3C(=O)OC(C)(C)C)cc2)ncn1. The molecule has 2 heterocycles. The predicted octanol–water partition coefficient (Wildman–Crippen LogP) is 5.62. The molecule has 4 rings (SSSR count). The molecule has 2 aromatic carbocycles. The standard InChI is InChI=1S/C28H33N5O4/c1-28(2,3)37-27(35)33-16-8-7-10-23(33)26(34)32-20-14-12-19(13-15-20)31-25-17-22(29-18-30-25)21-9-5-6-11-24(21)36-4/h5-6,9,11-15,17-18,23H,7-8,10,16H2,1-4H3,(H,32,34)(H,29,30,31). The lowest BCUT2D eigenvalue weighted by Gasteiger charge is -2.35. The van der Waals surface area contributed by atoms with E-state index in [0.29, 0.717) is 24.5 Å². The van der Waals surface area contributed by atoms with Crippen LogP contribution in [0.2, 0.25) is 0 Å². The van der Waals surface area contributed by atoms with E-state index >= 15 is 0 Å². The van der Waals surface area contributed by atoms with Gasteiger partial charge in [-0.3, -0.25) is 9.69 Å². The first kappa shape index (κ1) is 25.9. The Kier molecular flexibility index (Phi) is 7.91. The highest BCUT2D eigenvalue weighted by atomic mass is 16.6. The smallest absolute Gasteiger partial charge is 0.410 e. The van der Waals surface area contributed by atoms with Gasteiger partial charge in [-0.15, -0.1) is 0 Å². The molecule has 0 spiro atoms. The Morgan fingerprint density at radius 2 is 1.73 bits per heavy atom. The molecule has 2 N–H and O–H groups in total. The highest BCUT2D eigenvalue weighted by Gasteiger charge is 2.34. The summed E-state index contributed by atoms with van der Waals surface area (Å²) in [6.07, 6.45) is 3.39. The maximum absolute atomic E-state index is 13.0. The van der Waals surface area contributed by atoms with E-state index < -0.39 is 17.7 Å². The summed E-state index contributed by atoms with van der Waals surface area (Å²) in [5.41, 5.74) is 2.44. The summed E-state index contributed by atoms with van der Waals surface area (Å²) >= 11 is 0. The number of hydrogen-bond acceptors (Lipinski definition) is 7. The number of ether oxygens (including phenoxy) is 2. The number of methoxy groups -OCH3 is 1. The third kappa shape index (κ3) is 6.75. The molecule has 0 bridgehead atoms. The third-order valence-corrected chi connectivity index (χ3v) is 5.91. The van der Waals surface area contributed by atoms with Crippen molar-refractivity contribution in [1.29, 1.82) is 0 Å². The van der Waals surface area contributed by atoms with Crippen molar-refractivity contribution in [1.82, 2.24) is 14.9 Å². The Labute approximate surface area is 217 Å². The van der Waals surface area contributed by atoms with Gasteiger partial charge in [-0.2, -0.15) is 0 Å². The number of para-hydroxylation sites is 1. The van der Waals surface area contributed by atoms with Crippen LogP contribution < -0.4 is 15.4 Å². The van der Waals surface area contributed by atoms with E-state index in [1.54, 1.807) is 7.11 Å². The van der Waals surface area contributed by atoms with E-state index in [1.807, 2.05) is 75.4 Å². The van der Waals surface area contributed by atoms with Gasteiger partial charge in [-0.05, 0) is 76.4 Å². The van der Waals surface area contributed by atoms with Crippen LogP contribution in [0.3, 0.4) is 0 Å². The second-order valence-electron chi connectivity index (χ2n) is 9.87. The fourth-order valence-corrected chi connectivity index (χ4v) is 4.18. The molecule has 3 aromatic rings. The Morgan fingerprint density at radius 1 is 1.00 bits per heavy atom. The van der Waals surface area contributed by atoms with E-state index in [2.05, 4.69) is 20.6 Å². The molecule has 37 heavy (non-hydrogen) atoms. The number of nitrogens with one attached hydrogen (secondary N) is 2. The van der Waals surface area contributed by atoms with E-state index in [9.17, 15) is 9.59 Å². The van der Waals surface area contributed by atoms with Crippen LogP contribution in [0.1, 0.15) is 40.0 Å². The zero-order chi connectivity index (χ0) is 26.4. The van der Waals surface area contributed by atoms with Crippen molar-refractivity contribution in [2.45, 2.75) is 51.7 Å². The third-order valence-electron chi connectivity index (χ3n) is 5.91. The molecule has 1 aliphatic rings. The number of hydrogen-bond donors (Lipinski definition) is 2. The molecule has 1 saturated heterocycles. The summed E-state index contributed by atoms with van der Waals surface area (Å²) in [6, 6.07) is 16.3. The first-order valence-electron chi connectivity index (χ1n) is 12.4. The van der Waals surface area contributed by atoms with Crippen molar-refractivity contribution in [2.75, 3.05) is 24.3 Å². The Hall–Kier alpha value is -4.14. The molecule has 1 fully saturated rings. The largest absolute Gasteiger partial charge is 0.496 e. The zero-order valence-corrected chi connectivity index (χ0v) is 21.7. The van der Waals surface area contributed by atoms with E-state index in [4.69, 9.17) is 9.47 Å². The number of likely N-dealkylation sites (tertiary alicyclic amines) is 1. The lowest BCUT2D eigenvalue weighted by molar-refractivity contribution is -0.122. The van der Waals surface area contributed by atoms with Gasteiger partial charge in [-0.1, -0.05) is 12.1 Å². The number of aromatic nitrogens is 2. The first-order valence-corrected chi connectivity index (χ1v) is 12.4. The van der Waals surface area contributed by atoms with Gasteiger partial charge in [-0.25, -0.2) is 14.8 Å². The molecule has 1 aromatic heterocycles. The second-order valence-corrected chi connectivity index (χ2v) is 9.87. The van der Waals surface area contributed by atoms with Gasteiger partial charge >= 0.3 is 6.09 Å². The summed E-state index contributed by atoms with van der Waals surface area (Å²) in [4.78, 5) is 35.9. The van der Waals surface area contributed by atoms with Crippen LogP contribution in [-0.4, -0.2) is 52.2 Å². The monoisotopic (exact) mass is 503 g/mol. The van der Waals surface area contributed by atoms with Crippen molar-refractivity contribution < 1.29 is 19.1 Å². The second kappa shape index (κ2) is 11.3. The number of carbonyl (C=O) groups is 2. The minimum atomic E-state index is -0.615. The van der Waals surface area contributed by atoms with Crippen molar-refractivity contribution >= 4 is 29.2 Å². The number of nitrogens with zero attached hydrogens (tertiary/aromatic N) is 3. The summed E-state index contributed by atoms with van der Waals surface area (Å²) in [6.45, 7) is 5.96. The quantitative estimate of drug-likeness (QED) is 0.449. The summed E-state index contributed by atoms with van der Waals surface area (Å²) < 4.78 is 11.0. The predicted molar refractivity (Wildman–Crippen MR) is 143 cm³/mol. The van der Waals surface area contributed by atoms with Crippen molar-refractivity contribution in [3.05, 3.63) is 60.9 Å². The summed E-state index contributed by atoms with van der Waals surface area (Å²) in [5, 5.41) is 6.20. The molecule has 2 amide bonds. The average Bonchev–Trinajstić information content (AvgIpc) is 2.89. The maximum atomic E-state index is 13.0. The van der Waals surface area contributed by atoms with Gasteiger partial charge in [0.15, 0.2) is 0 Å². The topological polar surface area (TPSA) is 106 Å². The Bertz CT molecular complexity index is 1240. The molecule has 1 atom stereocenters. The molecule has 0 radical (unpaired) electrons. The number of piperidine rings is 1. The van der Waals surface area contributed by atoms with Crippen LogP contribution in [-0.2, 0) is 9.53 Å². The van der Waals surface area contributed by atoms with Gasteiger partial charge in [0.25, 0.3) is 0 Å². The van der Waals surface area contributed by atoms with Crippen molar-refractivity contribution in [2.24, 2.45) is 0 Å². The van der Waals surface area contributed by atoms with E-state index in [1.165, 1.54) is 11.2 Å². The van der Waals surface area contributed by atoms with Gasteiger partial charge in [0.05, 0.1) is 12.8 Å². The Morgan fingerprint density at radius 3 is 2.46 bits per heavy atom. The van der Waals surface area contributed by atoms with Crippen LogP contribution in [0.15, 0.2) is 60.9 Å². The molecule has 1 aliphatic heterocycles. The number of rotatable bonds is 6. The van der Waals surface area contributed by atoms with Crippen LogP contribution >= 0.6 is 0 Å². The Balaban J connectivity index is 1.41. The molecular formula is C28H33N5O4. The van der Waals surface area contributed by atoms with E-state index in [0.717, 1.165) is 35.5 Å².